The number of nitrogens with zero attached hydrogens (tertiary/aromatic N) is 1. The van der Waals surface area contributed by atoms with Crippen LogP contribution in [0.2, 0.25) is 0 Å². The Balaban J connectivity index is 3.12. The number of benzene rings is 1. The summed E-state index contributed by atoms with van der Waals surface area (Å²) in [5.74, 6) is 0.287. The zero-order chi connectivity index (χ0) is 9.84. The number of hydrogen-bond donors (Lipinski definition) is 1. The van der Waals surface area contributed by atoms with Crippen molar-refractivity contribution >= 4 is 11.9 Å². The number of aliphatic imine (C=N–C) groups is 1. The van der Waals surface area contributed by atoms with E-state index in [9.17, 15) is 5.11 Å². The first-order valence-corrected chi connectivity index (χ1v) is 4.48. The summed E-state index contributed by atoms with van der Waals surface area (Å²) >= 11 is 0. The van der Waals surface area contributed by atoms with Crippen molar-refractivity contribution in [1.29, 1.82) is 0 Å². The summed E-state index contributed by atoms with van der Waals surface area (Å²) in [7, 11) is 0. The number of aryl methyl sites for hydroxylation is 2. The van der Waals surface area contributed by atoms with Gasteiger partial charge in [-0.25, -0.2) is 0 Å². The Morgan fingerprint density at radius 2 is 2.08 bits per heavy atom. The largest absolute Gasteiger partial charge is 0.505 e. The first-order chi connectivity index (χ1) is 6.15. The van der Waals surface area contributed by atoms with Crippen LogP contribution in [0.5, 0.6) is 5.75 Å². The molecule has 0 heterocycles. The summed E-state index contributed by atoms with van der Waals surface area (Å²) in [5.41, 5.74) is 2.67. The summed E-state index contributed by atoms with van der Waals surface area (Å²) in [5, 5.41) is 9.63. The van der Waals surface area contributed by atoms with Gasteiger partial charge in [-0.05, 0) is 37.5 Å². The molecule has 1 N–H and O–H groups in total. The van der Waals surface area contributed by atoms with Crippen LogP contribution < -0.4 is 0 Å². The second kappa shape index (κ2) is 4.08. The molecule has 0 bridgehead atoms. The van der Waals surface area contributed by atoms with Gasteiger partial charge in [0.2, 0.25) is 0 Å². The minimum absolute atomic E-state index is 0.287. The molecule has 0 amide bonds. The fourth-order valence-corrected chi connectivity index (χ4v) is 1.23. The van der Waals surface area contributed by atoms with Crippen LogP contribution in [0.15, 0.2) is 17.1 Å². The minimum Gasteiger partial charge on any atom is -0.505 e. The average Bonchev–Trinajstić information content (AvgIpc) is 2.09. The molecule has 70 valence electrons. The van der Waals surface area contributed by atoms with Gasteiger partial charge in [-0.15, -0.1) is 0 Å². The zero-order valence-corrected chi connectivity index (χ0v) is 8.33. The summed E-state index contributed by atoms with van der Waals surface area (Å²) < 4.78 is 0. The fraction of sp³-hybridized carbons (Fsp3) is 0.364. The van der Waals surface area contributed by atoms with Gasteiger partial charge in [-0.1, -0.05) is 13.0 Å². The molecule has 0 aliphatic rings. The van der Waals surface area contributed by atoms with E-state index in [2.05, 4.69) is 4.99 Å². The predicted molar refractivity (Wildman–Crippen MR) is 56.0 cm³/mol. The van der Waals surface area contributed by atoms with Crippen LogP contribution in [0.25, 0.3) is 0 Å². The van der Waals surface area contributed by atoms with Gasteiger partial charge in [0.25, 0.3) is 0 Å². The van der Waals surface area contributed by atoms with E-state index in [1.807, 2.05) is 32.9 Å². The van der Waals surface area contributed by atoms with Crippen LogP contribution in [-0.4, -0.2) is 11.3 Å². The molecule has 1 rings (SSSR count). The van der Waals surface area contributed by atoms with Gasteiger partial charge in [0.05, 0.1) is 0 Å². The van der Waals surface area contributed by atoms with Crippen molar-refractivity contribution in [3.05, 3.63) is 23.3 Å². The van der Waals surface area contributed by atoms with Crippen LogP contribution in [-0.2, 0) is 0 Å². The van der Waals surface area contributed by atoms with Crippen LogP contribution in [0.4, 0.5) is 5.69 Å². The monoisotopic (exact) mass is 177 g/mol. The Morgan fingerprint density at radius 3 is 2.69 bits per heavy atom. The Hall–Kier alpha value is -1.31. The molecular formula is C11H15NO. The number of phenolic OH excluding ortho intramolecular Hbond substituents is 1. The van der Waals surface area contributed by atoms with Crippen molar-refractivity contribution in [2.24, 2.45) is 4.99 Å². The molecule has 0 aliphatic heterocycles. The first kappa shape index (κ1) is 9.78. The van der Waals surface area contributed by atoms with E-state index in [1.165, 1.54) is 0 Å². The van der Waals surface area contributed by atoms with E-state index >= 15 is 0 Å². The molecular weight excluding hydrogens is 162 g/mol. The number of aromatic hydroxyl groups is 1. The van der Waals surface area contributed by atoms with E-state index in [1.54, 1.807) is 6.21 Å². The highest BCUT2D eigenvalue weighted by Gasteiger charge is 2.02. The third kappa shape index (κ3) is 2.31. The molecule has 0 fully saturated rings. The van der Waals surface area contributed by atoms with Crippen molar-refractivity contribution < 1.29 is 5.11 Å². The molecule has 0 unspecified atom stereocenters. The zero-order valence-electron chi connectivity index (χ0n) is 8.33. The highest BCUT2D eigenvalue weighted by molar-refractivity contribution is 5.67. The third-order valence-corrected chi connectivity index (χ3v) is 1.84. The molecule has 0 saturated carbocycles. The topological polar surface area (TPSA) is 32.6 Å². The summed E-state index contributed by atoms with van der Waals surface area (Å²) in [6.07, 6.45) is 2.68. The Labute approximate surface area is 78.9 Å². The average molecular weight is 177 g/mol. The smallest absolute Gasteiger partial charge is 0.144 e. The number of rotatable bonds is 2. The van der Waals surface area contributed by atoms with Gasteiger partial charge in [-0.2, -0.15) is 0 Å². The van der Waals surface area contributed by atoms with E-state index < -0.39 is 0 Å². The highest BCUT2D eigenvalue weighted by Crippen LogP contribution is 2.30. The standard InChI is InChI=1S/C11H15NO/c1-4-5-12-10-7-8(2)6-9(3)11(10)13/h5-7,13H,4H2,1-3H3/b12-5-. The van der Waals surface area contributed by atoms with Crippen LogP contribution in [0.1, 0.15) is 24.5 Å². The maximum Gasteiger partial charge on any atom is 0.144 e. The summed E-state index contributed by atoms with van der Waals surface area (Å²) in [4.78, 5) is 4.17. The summed E-state index contributed by atoms with van der Waals surface area (Å²) in [6.45, 7) is 5.90. The van der Waals surface area contributed by atoms with E-state index in [0.717, 1.165) is 17.5 Å². The maximum atomic E-state index is 9.63. The maximum absolute atomic E-state index is 9.63. The number of hydrogen-bond acceptors (Lipinski definition) is 2. The molecule has 13 heavy (non-hydrogen) atoms. The van der Waals surface area contributed by atoms with Gasteiger partial charge in [0, 0.05) is 6.21 Å². The van der Waals surface area contributed by atoms with Crippen molar-refractivity contribution in [3.8, 4) is 5.75 Å². The van der Waals surface area contributed by atoms with Gasteiger partial charge < -0.3 is 5.11 Å². The molecule has 0 aliphatic carbocycles. The van der Waals surface area contributed by atoms with Crippen LogP contribution in [0, 0.1) is 13.8 Å². The fourth-order valence-electron chi connectivity index (χ4n) is 1.23. The lowest BCUT2D eigenvalue weighted by Gasteiger charge is -2.03. The SMILES string of the molecule is CC/C=N\c1cc(C)cc(C)c1O. The van der Waals surface area contributed by atoms with Crippen molar-refractivity contribution in [1.82, 2.24) is 0 Å². The van der Waals surface area contributed by atoms with Gasteiger partial charge in [0.15, 0.2) is 0 Å². The van der Waals surface area contributed by atoms with Crippen molar-refractivity contribution in [2.75, 3.05) is 0 Å². The second-order valence-corrected chi connectivity index (χ2v) is 3.17. The lowest BCUT2D eigenvalue weighted by atomic mass is 10.1. The molecule has 1 aromatic rings. The van der Waals surface area contributed by atoms with E-state index in [4.69, 9.17) is 0 Å². The molecule has 0 atom stereocenters. The lowest BCUT2D eigenvalue weighted by molar-refractivity contribution is 0.472. The lowest BCUT2D eigenvalue weighted by Crippen LogP contribution is -1.80. The quantitative estimate of drug-likeness (QED) is 0.691. The number of phenols is 1. The summed E-state index contributed by atoms with van der Waals surface area (Å²) in [6, 6.07) is 3.83. The molecule has 0 spiro atoms. The molecule has 0 saturated heterocycles. The van der Waals surface area contributed by atoms with Gasteiger partial charge in [0.1, 0.15) is 11.4 Å². The second-order valence-electron chi connectivity index (χ2n) is 3.17. The molecule has 0 aromatic heterocycles. The normalized spacial score (nSPS) is 11.0. The van der Waals surface area contributed by atoms with Gasteiger partial charge >= 0.3 is 0 Å². The van der Waals surface area contributed by atoms with E-state index in [-0.39, 0.29) is 5.75 Å². The Kier molecular flexibility index (Phi) is 3.07. The molecule has 1 aromatic carbocycles. The minimum atomic E-state index is 0.287. The van der Waals surface area contributed by atoms with Crippen molar-refractivity contribution in [2.45, 2.75) is 27.2 Å². The van der Waals surface area contributed by atoms with Gasteiger partial charge in [-0.3, -0.25) is 4.99 Å². The molecule has 2 nitrogen and oxygen atoms in total. The third-order valence-electron chi connectivity index (χ3n) is 1.84. The van der Waals surface area contributed by atoms with E-state index in [0.29, 0.717) is 5.69 Å². The van der Waals surface area contributed by atoms with Crippen molar-refractivity contribution in [3.63, 3.8) is 0 Å². The highest BCUT2D eigenvalue weighted by atomic mass is 16.3. The molecule has 0 radical (unpaired) electrons. The van der Waals surface area contributed by atoms with Crippen LogP contribution in [0.3, 0.4) is 0 Å². The Bertz CT molecular complexity index is 329. The first-order valence-electron chi connectivity index (χ1n) is 4.48. The molecule has 2 heteroatoms. The predicted octanol–water partition coefficient (Wildman–Crippen LogP) is 3.12. The Morgan fingerprint density at radius 1 is 1.38 bits per heavy atom. The van der Waals surface area contributed by atoms with Crippen LogP contribution >= 0.6 is 0 Å².